The average molecular weight is 910 g/mol. The topological polar surface area (TPSA) is 111 Å². The molecule has 0 aliphatic heterocycles. The molecule has 0 radical (unpaired) electrons. The lowest BCUT2D eigenvalue weighted by Gasteiger charge is -2.26. The van der Waals surface area contributed by atoms with Crippen LogP contribution in [0.3, 0.4) is 0 Å². The molecule has 2 unspecified atom stereocenters. The molecule has 2 atom stereocenters. The molecule has 0 aliphatic rings. The van der Waals surface area contributed by atoms with E-state index in [4.69, 9.17) is 18.9 Å². The number of carboxylic acid groups (broad SMARTS) is 1. The fraction of sp³-hybridized carbons (Fsp3) is 0.945. The van der Waals surface area contributed by atoms with E-state index in [1.807, 2.05) is 21.1 Å². The van der Waals surface area contributed by atoms with Crippen molar-refractivity contribution < 1.29 is 42.9 Å². The van der Waals surface area contributed by atoms with E-state index in [9.17, 15) is 19.5 Å². The summed E-state index contributed by atoms with van der Waals surface area (Å²) in [4.78, 5) is 36.7. The van der Waals surface area contributed by atoms with E-state index < -0.39 is 24.3 Å². The first-order chi connectivity index (χ1) is 31.1. The molecule has 0 N–H and O–H groups in total. The number of hydrogen-bond donors (Lipinski definition) is 0. The van der Waals surface area contributed by atoms with Crippen LogP contribution in [0, 0.1) is 0 Å². The minimum atomic E-state index is -1.61. The molecular formula is C55H107NO8. The Hall–Kier alpha value is -1.71. The fourth-order valence-electron chi connectivity index (χ4n) is 8.30. The van der Waals surface area contributed by atoms with Gasteiger partial charge in [-0.3, -0.25) is 9.59 Å². The SMILES string of the molecule is CCCCCCCCCCCCCCCCCCCCCCCCCCCCCCCCCCCCC(=O)OC(COC(=O)CCCCCCC)COC(OCC[N+](C)(C)C)C(=O)[O-]. The Morgan fingerprint density at radius 3 is 1.00 bits per heavy atom. The highest BCUT2D eigenvalue weighted by molar-refractivity contribution is 5.70. The second-order valence-corrected chi connectivity index (χ2v) is 20.2. The van der Waals surface area contributed by atoms with Gasteiger partial charge in [0.15, 0.2) is 12.4 Å². The zero-order chi connectivity index (χ0) is 47.0. The normalized spacial score (nSPS) is 12.7. The van der Waals surface area contributed by atoms with Crippen molar-refractivity contribution in [3.8, 4) is 0 Å². The summed E-state index contributed by atoms with van der Waals surface area (Å²) >= 11 is 0. The number of ether oxygens (including phenoxy) is 4. The molecule has 0 saturated heterocycles. The van der Waals surface area contributed by atoms with E-state index in [0.717, 1.165) is 51.4 Å². The quantitative estimate of drug-likeness (QED) is 0.0257. The van der Waals surface area contributed by atoms with E-state index in [-0.39, 0.29) is 32.2 Å². The molecule has 9 nitrogen and oxygen atoms in total. The maximum absolute atomic E-state index is 12.7. The third-order valence-electron chi connectivity index (χ3n) is 12.6. The number of carbonyl (C=O) groups excluding carboxylic acids is 3. The van der Waals surface area contributed by atoms with Gasteiger partial charge in [-0.2, -0.15) is 0 Å². The molecule has 9 heteroatoms. The summed E-state index contributed by atoms with van der Waals surface area (Å²) in [6.45, 7) is 4.69. The highest BCUT2D eigenvalue weighted by atomic mass is 16.7. The van der Waals surface area contributed by atoms with Gasteiger partial charge < -0.3 is 33.3 Å². The smallest absolute Gasteiger partial charge is 0.306 e. The number of aliphatic carboxylic acids is 1. The van der Waals surface area contributed by atoms with Crippen LogP contribution in [-0.2, 0) is 33.3 Å². The summed E-state index contributed by atoms with van der Waals surface area (Å²) in [7, 11) is 5.91. The van der Waals surface area contributed by atoms with Gasteiger partial charge in [0.25, 0.3) is 0 Å². The molecule has 64 heavy (non-hydrogen) atoms. The van der Waals surface area contributed by atoms with E-state index >= 15 is 0 Å². The van der Waals surface area contributed by atoms with Gasteiger partial charge in [0, 0.05) is 12.8 Å². The van der Waals surface area contributed by atoms with E-state index in [2.05, 4.69) is 13.8 Å². The number of hydrogen-bond acceptors (Lipinski definition) is 8. The minimum Gasteiger partial charge on any atom is -0.545 e. The molecule has 0 rings (SSSR count). The lowest BCUT2D eigenvalue weighted by atomic mass is 10.0. The number of esters is 2. The van der Waals surface area contributed by atoms with E-state index in [0.29, 0.717) is 17.4 Å². The van der Waals surface area contributed by atoms with Gasteiger partial charge in [0.2, 0.25) is 0 Å². The Balaban J connectivity index is 3.80. The van der Waals surface area contributed by atoms with Crippen molar-refractivity contribution in [2.24, 2.45) is 0 Å². The summed E-state index contributed by atoms with van der Waals surface area (Å²) < 4.78 is 22.4. The lowest BCUT2D eigenvalue weighted by Crippen LogP contribution is -2.44. The number of carboxylic acids is 1. The molecular weight excluding hydrogens is 803 g/mol. The zero-order valence-electron chi connectivity index (χ0n) is 43.2. The maximum atomic E-state index is 12.7. The minimum absolute atomic E-state index is 0.152. The molecule has 0 saturated carbocycles. The highest BCUT2D eigenvalue weighted by Gasteiger charge is 2.22. The third kappa shape index (κ3) is 48.2. The number of quaternary nitrogens is 1. The second kappa shape index (κ2) is 47.8. The number of likely N-dealkylation sites (N-methyl/N-ethyl adjacent to an activating group) is 1. The van der Waals surface area contributed by atoms with Gasteiger partial charge in [0.05, 0.1) is 40.3 Å². The van der Waals surface area contributed by atoms with Crippen LogP contribution in [0.25, 0.3) is 0 Å². The van der Waals surface area contributed by atoms with Crippen LogP contribution in [0.5, 0.6) is 0 Å². The first-order valence-corrected chi connectivity index (χ1v) is 27.7. The maximum Gasteiger partial charge on any atom is 0.306 e. The van der Waals surface area contributed by atoms with Crippen LogP contribution < -0.4 is 5.11 Å². The molecule has 0 spiro atoms. The summed E-state index contributed by atoms with van der Waals surface area (Å²) in [6, 6.07) is 0. The summed E-state index contributed by atoms with van der Waals surface area (Å²) in [5.41, 5.74) is 0. The third-order valence-corrected chi connectivity index (χ3v) is 12.6. The van der Waals surface area contributed by atoms with Gasteiger partial charge in [-0.1, -0.05) is 251 Å². The predicted molar refractivity (Wildman–Crippen MR) is 265 cm³/mol. The Bertz CT molecular complexity index is 1020. The highest BCUT2D eigenvalue weighted by Crippen LogP contribution is 2.18. The number of rotatable bonds is 52. The van der Waals surface area contributed by atoms with Crippen LogP contribution in [0.4, 0.5) is 0 Å². The molecule has 0 fully saturated rings. The number of nitrogens with zero attached hydrogens (tertiary/aromatic N) is 1. The Labute approximate surface area is 396 Å². The van der Waals surface area contributed by atoms with Crippen LogP contribution in [-0.4, -0.2) is 82.3 Å². The van der Waals surface area contributed by atoms with Gasteiger partial charge in [-0.05, 0) is 12.8 Å². The molecule has 380 valence electrons. The molecule has 0 bridgehead atoms. The standard InChI is InChI=1S/C55H107NO8/c1-6-8-10-12-13-14-15-16-17-18-19-20-21-22-23-24-25-26-27-28-29-30-31-32-33-34-35-36-37-38-39-40-42-44-46-53(58)64-51(49-62-52(57)45-43-41-11-9-7-2)50-63-55(54(59)60)61-48-47-56(3,4)5/h51,55H,6-50H2,1-5H3. The van der Waals surface area contributed by atoms with Crippen molar-refractivity contribution in [1.29, 1.82) is 0 Å². The van der Waals surface area contributed by atoms with Crippen LogP contribution in [0.15, 0.2) is 0 Å². The van der Waals surface area contributed by atoms with Gasteiger partial charge in [0.1, 0.15) is 13.2 Å². The van der Waals surface area contributed by atoms with Crippen molar-refractivity contribution in [2.45, 2.75) is 289 Å². The monoisotopic (exact) mass is 910 g/mol. The van der Waals surface area contributed by atoms with E-state index in [1.54, 1.807) is 0 Å². The van der Waals surface area contributed by atoms with Crippen LogP contribution in [0.2, 0.25) is 0 Å². The van der Waals surface area contributed by atoms with Crippen molar-refractivity contribution in [1.82, 2.24) is 0 Å². The number of carbonyl (C=O) groups is 3. The van der Waals surface area contributed by atoms with Crippen molar-refractivity contribution in [3.63, 3.8) is 0 Å². The van der Waals surface area contributed by atoms with Crippen LogP contribution in [0.1, 0.15) is 277 Å². The molecule has 0 aliphatic carbocycles. The molecule has 0 amide bonds. The Kier molecular flexibility index (Phi) is 46.5. The largest absolute Gasteiger partial charge is 0.545 e. The Morgan fingerprint density at radius 2 is 0.703 bits per heavy atom. The molecule has 0 aromatic carbocycles. The van der Waals surface area contributed by atoms with E-state index in [1.165, 1.54) is 199 Å². The first-order valence-electron chi connectivity index (χ1n) is 27.7. The lowest BCUT2D eigenvalue weighted by molar-refractivity contribution is -0.870. The molecule has 0 aromatic heterocycles. The molecule has 0 heterocycles. The van der Waals surface area contributed by atoms with Crippen molar-refractivity contribution in [3.05, 3.63) is 0 Å². The summed E-state index contributed by atoms with van der Waals surface area (Å²) in [5, 5.41) is 11.7. The second-order valence-electron chi connectivity index (χ2n) is 20.2. The Morgan fingerprint density at radius 1 is 0.406 bits per heavy atom. The summed E-state index contributed by atoms with van der Waals surface area (Å²) in [5.74, 6) is -2.28. The first kappa shape index (κ1) is 62.3. The fourth-order valence-corrected chi connectivity index (χ4v) is 8.30. The zero-order valence-corrected chi connectivity index (χ0v) is 43.2. The predicted octanol–water partition coefficient (Wildman–Crippen LogP) is 14.3. The van der Waals surface area contributed by atoms with Crippen molar-refractivity contribution in [2.75, 3.05) is 47.5 Å². The van der Waals surface area contributed by atoms with Gasteiger partial charge >= 0.3 is 11.9 Å². The average Bonchev–Trinajstić information content (AvgIpc) is 3.26. The van der Waals surface area contributed by atoms with Gasteiger partial charge in [-0.15, -0.1) is 0 Å². The summed E-state index contributed by atoms with van der Waals surface area (Å²) in [6.07, 6.45) is 49.5. The number of unbranched alkanes of at least 4 members (excludes halogenated alkanes) is 37. The van der Waals surface area contributed by atoms with Gasteiger partial charge in [-0.25, -0.2) is 0 Å². The molecule has 0 aromatic rings. The van der Waals surface area contributed by atoms with Crippen molar-refractivity contribution >= 4 is 17.9 Å². The van der Waals surface area contributed by atoms with Crippen LogP contribution >= 0.6 is 0 Å².